The van der Waals surface area contributed by atoms with E-state index in [0.29, 0.717) is 21.7 Å². The summed E-state index contributed by atoms with van der Waals surface area (Å²) in [5.74, 6) is -1.37. The summed E-state index contributed by atoms with van der Waals surface area (Å²) in [5.41, 5.74) is 0.527. The van der Waals surface area contributed by atoms with Crippen LogP contribution in [0.2, 0.25) is 5.02 Å². The highest BCUT2D eigenvalue weighted by Crippen LogP contribution is 2.29. The Labute approximate surface area is 137 Å². The van der Waals surface area contributed by atoms with Gasteiger partial charge in [0.25, 0.3) is 5.91 Å². The smallest absolute Gasteiger partial charge is 0.328 e. The Morgan fingerprint density at radius 1 is 1.39 bits per heavy atom. The molecule has 0 aliphatic rings. The molecule has 2 rings (SSSR count). The van der Waals surface area contributed by atoms with Gasteiger partial charge in [0.2, 0.25) is 0 Å². The molecule has 7 nitrogen and oxygen atoms in total. The number of hydrogen-bond donors (Lipinski definition) is 2. The molecule has 23 heavy (non-hydrogen) atoms. The summed E-state index contributed by atoms with van der Waals surface area (Å²) in [7, 11) is 1.35. The largest absolute Gasteiger partial charge is 0.481 e. The van der Waals surface area contributed by atoms with Gasteiger partial charge in [-0.3, -0.25) is 9.78 Å². The molecule has 8 heteroatoms. The molecule has 0 aliphatic carbocycles. The van der Waals surface area contributed by atoms with Crippen molar-refractivity contribution in [2.24, 2.45) is 0 Å². The summed E-state index contributed by atoms with van der Waals surface area (Å²) in [6.45, 7) is -0.479. The van der Waals surface area contributed by atoms with Crippen molar-refractivity contribution in [2.75, 3.05) is 20.3 Å². The Hall–Kier alpha value is -2.38. The Bertz CT molecular complexity index is 722. The summed E-state index contributed by atoms with van der Waals surface area (Å²) in [4.78, 5) is 26.9. The molecule has 2 N–H and O–H groups in total. The molecule has 0 radical (unpaired) electrons. The Balaban J connectivity index is 2.05. The van der Waals surface area contributed by atoms with Crippen LogP contribution in [-0.4, -0.2) is 48.3 Å². The first-order valence-corrected chi connectivity index (χ1v) is 7.08. The molecule has 0 spiro atoms. The molecular weight excluding hydrogens is 324 g/mol. The summed E-state index contributed by atoms with van der Waals surface area (Å²) < 4.78 is 10.2. The lowest BCUT2D eigenvalue weighted by atomic mass is 10.2. The average molecular weight is 339 g/mol. The third-order valence-electron chi connectivity index (χ3n) is 3.00. The van der Waals surface area contributed by atoms with Gasteiger partial charge in [-0.15, -0.1) is 0 Å². The topological polar surface area (TPSA) is 97.8 Å². The zero-order chi connectivity index (χ0) is 16.8. The first kappa shape index (κ1) is 17.0. The van der Waals surface area contributed by atoms with Crippen molar-refractivity contribution in [1.29, 1.82) is 0 Å². The Morgan fingerprint density at radius 3 is 2.87 bits per heavy atom. The van der Waals surface area contributed by atoms with Crippen LogP contribution >= 0.6 is 11.6 Å². The number of aliphatic carboxylic acids is 1. The zero-order valence-corrected chi connectivity index (χ0v) is 13.0. The molecule has 122 valence electrons. The number of methoxy groups -OCH3 is 1. The molecular formula is C15H15ClN2O5. The molecule has 1 aromatic heterocycles. The lowest BCUT2D eigenvalue weighted by Gasteiger charge is -2.14. The van der Waals surface area contributed by atoms with Crippen molar-refractivity contribution < 1.29 is 24.2 Å². The van der Waals surface area contributed by atoms with Crippen molar-refractivity contribution in [1.82, 2.24) is 10.3 Å². The minimum Gasteiger partial charge on any atom is -0.481 e. The second-order valence-electron chi connectivity index (χ2n) is 4.65. The van der Waals surface area contributed by atoms with Crippen LogP contribution in [0.25, 0.3) is 10.9 Å². The lowest BCUT2D eigenvalue weighted by Crippen LogP contribution is -2.45. The Kier molecular flexibility index (Phi) is 5.72. The average Bonchev–Trinajstić information content (AvgIpc) is 2.54. The van der Waals surface area contributed by atoms with E-state index in [1.54, 1.807) is 30.5 Å². The monoisotopic (exact) mass is 338 g/mol. The maximum Gasteiger partial charge on any atom is 0.328 e. The number of benzene rings is 1. The van der Waals surface area contributed by atoms with Crippen LogP contribution in [0.1, 0.15) is 0 Å². The number of rotatable bonds is 7. The van der Waals surface area contributed by atoms with Crippen LogP contribution in [0.5, 0.6) is 5.75 Å². The molecule has 1 aromatic carbocycles. The van der Waals surface area contributed by atoms with Crippen LogP contribution in [0, 0.1) is 0 Å². The van der Waals surface area contributed by atoms with E-state index in [0.717, 1.165) is 0 Å². The normalized spacial score (nSPS) is 11.9. The number of hydrogen-bond acceptors (Lipinski definition) is 5. The number of nitrogens with zero attached hydrogens (tertiary/aromatic N) is 1. The maximum absolute atomic E-state index is 11.8. The van der Waals surface area contributed by atoms with E-state index >= 15 is 0 Å². The van der Waals surface area contributed by atoms with Gasteiger partial charge >= 0.3 is 5.97 Å². The number of carboxylic acid groups (broad SMARTS) is 1. The van der Waals surface area contributed by atoms with Gasteiger partial charge in [-0.25, -0.2) is 4.79 Å². The van der Waals surface area contributed by atoms with E-state index in [1.165, 1.54) is 7.11 Å². The highest BCUT2D eigenvalue weighted by atomic mass is 35.5. The van der Waals surface area contributed by atoms with E-state index in [-0.39, 0.29) is 13.2 Å². The van der Waals surface area contributed by atoms with Crippen LogP contribution in [-0.2, 0) is 14.3 Å². The minimum absolute atomic E-state index is 0.132. The summed E-state index contributed by atoms with van der Waals surface area (Å²) in [6.07, 6.45) is 1.59. The van der Waals surface area contributed by atoms with Crippen LogP contribution < -0.4 is 10.1 Å². The van der Waals surface area contributed by atoms with Gasteiger partial charge in [-0.1, -0.05) is 11.6 Å². The van der Waals surface area contributed by atoms with E-state index < -0.39 is 17.9 Å². The molecule has 1 unspecified atom stereocenters. The van der Waals surface area contributed by atoms with Gasteiger partial charge in [-0.2, -0.15) is 0 Å². The Morgan fingerprint density at radius 2 is 2.17 bits per heavy atom. The summed E-state index contributed by atoms with van der Waals surface area (Å²) in [5, 5.41) is 12.5. The fourth-order valence-corrected chi connectivity index (χ4v) is 2.16. The molecule has 0 saturated carbocycles. The fraction of sp³-hybridized carbons (Fsp3) is 0.267. The third-order valence-corrected chi connectivity index (χ3v) is 3.33. The first-order valence-electron chi connectivity index (χ1n) is 6.70. The maximum atomic E-state index is 11.8. The predicted molar refractivity (Wildman–Crippen MR) is 83.7 cm³/mol. The van der Waals surface area contributed by atoms with Crippen LogP contribution in [0.15, 0.2) is 30.5 Å². The standard InChI is InChI=1S/C15H15ClN2O5/c1-22-7-11(15(20)21)18-13(19)8-23-12-5-4-10(16)9-3-2-6-17-14(9)12/h2-6,11H,7-8H2,1H3,(H,18,19)(H,20,21). The van der Waals surface area contributed by atoms with E-state index in [4.69, 9.17) is 26.2 Å². The summed E-state index contributed by atoms with van der Waals surface area (Å²) >= 11 is 6.08. The number of carbonyl (C=O) groups is 2. The third kappa shape index (κ3) is 4.30. The van der Waals surface area contributed by atoms with Gasteiger partial charge in [0.1, 0.15) is 11.3 Å². The van der Waals surface area contributed by atoms with E-state index in [9.17, 15) is 9.59 Å². The number of carboxylic acids is 1. The number of nitrogens with one attached hydrogen (secondary N) is 1. The molecule has 0 saturated heterocycles. The van der Waals surface area contributed by atoms with Crippen molar-refractivity contribution in [3.8, 4) is 5.75 Å². The van der Waals surface area contributed by atoms with Gasteiger partial charge in [-0.05, 0) is 24.3 Å². The summed E-state index contributed by atoms with van der Waals surface area (Å²) in [6, 6.07) is 5.65. The van der Waals surface area contributed by atoms with Crippen LogP contribution in [0.3, 0.4) is 0 Å². The highest BCUT2D eigenvalue weighted by molar-refractivity contribution is 6.35. The fourth-order valence-electron chi connectivity index (χ4n) is 1.95. The van der Waals surface area contributed by atoms with Crippen molar-refractivity contribution in [3.63, 3.8) is 0 Å². The second kappa shape index (κ2) is 7.75. The number of fused-ring (bicyclic) bond motifs is 1. The molecule has 0 fully saturated rings. The molecule has 0 bridgehead atoms. The molecule has 1 heterocycles. The SMILES string of the molecule is COCC(NC(=O)COc1ccc(Cl)c2cccnc12)C(=O)O. The van der Waals surface area contributed by atoms with E-state index in [1.807, 2.05) is 0 Å². The molecule has 1 amide bonds. The number of aromatic nitrogens is 1. The molecule has 2 aromatic rings. The minimum atomic E-state index is -1.18. The first-order chi connectivity index (χ1) is 11.0. The van der Waals surface area contributed by atoms with Gasteiger partial charge < -0.3 is 19.9 Å². The predicted octanol–water partition coefficient (Wildman–Crippen LogP) is 1.48. The van der Waals surface area contributed by atoms with Crippen molar-refractivity contribution >= 4 is 34.4 Å². The lowest BCUT2D eigenvalue weighted by molar-refractivity contribution is -0.143. The number of ether oxygens (including phenoxy) is 2. The molecule has 1 atom stereocenters. The number of amides is 1. The van der Waals surface area contributed by atoms with Crippen molar-refractivity contribution in [2.45, 2.75) is 6.04 Å². The number of halogens is 1. The van der Waals surface area contributed by atoms with Gasteiger partial charge in [0.15, 0.2) is 12.6 Å². The van der Waals surface area contributed by atoms with E-state index in [2.05, 4.69) is 10.3 Å². The van der Waals surface area contributed by atoms with Gasteiger partial charge in [0, 0.05) is 18.7 Å². The van der Waals surface area contributed by atoms with Crippen molar-refractivity contribution in [3.05, 3.63) is 35.5 Å². The quantitative estimate of drug-likeness (QED) is 0.793. The second-order valence-corrected chi connectivity index (χ2v) is 5.05. The highest BCUT2D eigenvalue weighted by Gasteiger charge is 2.20. The molecule has 0 aliphatic heterocycles. The number of carbonyl (C=O) groups excluding carboxylic acids is 1. The van der Waals surface area contributed by atoms with Gasteiger partial charge in [0.05, 0.1) is 11.6 Å². The number of pyridine rings is 1. The zero-order valence-electron chi connectivity index (χ0n) is 12.3. The van der Waals surface area contributed by atoms with Crippen LogP contribution in [0.4, 0.5) is 0 Å².